The predicted molar refractivity (Wildman–Crippen MR) is 68.6 cm³/mol. The quantitative estimate of drug-likeness (QED) is 0.671. The summed E-state index contributed by atoms with van der Waals surface area (Å²) in [6.07, 6.45) is -0.789. The number of hydrogen-bond donors (Lipinski definition) is 3. The minimum atomic E-state index is -4.06. The Morgan fingerprint density at radius 3 is 2.53 bits per heavy atom. The fraction of sp³-hybridized carbons (Fsp3) is 0.364. The molecule has 0 heterocycles. The molecule has 0 saturated carbocycles. The second kappa shape index (κ2) is 7.07. The topological polar surface area (TPSA) is 105 Å². The number of amides is 1. The zero-order valence-electron chi connectivity index (χ0n) is 10.4. The molecule has 1 aromatic rings. The molecule has 0 radical (unpaired) electrons. The van der Waals surface area contributed by atoms with Crippen molar-refractivity contribution in [1.82, 2.24) is 9.44 Å². The highest BCUT2D eigenvalue weighted by atomic mass is 32.2. The van der Waals surface area contributed by atoms with E-state index in [0.29, 0.717) is 6.42 Å². The van der Waals surface area contributed by atoms with Gasteiger partial charge in [-0.15, -0.1) is 0 Å². The van der Waals surface area contributed by atoms with Crippen molar-refractivity contribution in [2.45, 2.75) is 12.5 Å². The van der Waals surface area contributed by atoms with E-state index in [-0.39, 0.29) is 0 Å². The molecule has 1 aromatic carbocycles. The third-order valence-corrected chi connectivity index (χ3v) is 3.35. The Balaban J connectivity index is 2.64. The van der Waals surface area contributed by atoms with Gasteiger partial charge in [0, 0.05) is 0 Å². The Hall–Kier alpha value is -1.64. The van der Waals surface area contributed by atoms with E-state index in [2.05, 4.69) is 9.46 Å². The van der Waals surface area contributed by atoms with E-state index in [1.807, 2.05) is 30.3 Å². The summed E-state index contributed by atoms with van der Waals surface area (Å²) in [6.45, 7) is -0.392. The number of benzene rings is 1. The molecule has 1 atom stereocenters. The van der Waals surface area contributed by atoms with Crippen LogP contribution in [-0.4, -0.2) is 39.4 Å². The van der Waals surface area contributed by atoms with E-state index in [4.69, 9.17) is 0 Å². The summed E-state index contributed by atoms with van der Waals surface area (Å²) >= 11 is 0. The summed E-state index contributed by atoms with van der Waals surface area (Å²) in [5.74, 6) is 0. The van der Waals surface area contributed by atoms with Gasteiger partial charge in [-0.25, -0.2) is 9.52 Å². The van der Waals surface area contributed by atoms with E-state index < -0.39 is 29.0 Å². The van der Waals surface area contributed by atoms with E-state index in [1.54, 1.807) is 4.72 Å². The molecule has 0 aliphatic carbocycles. The average Bonchev–Trinajstić information content (AvgIpc) is 2.38. The van der Waals surface area contributed by atoms with Crippen LogP contribution in [0.3, 0.4) is 0 Å². The smallest absolute Gasteiger partial charge is 0.421 e. The first-order valence-electron chi connectivity index (χ1n) is 5.49. The van der Waals surface area contributed by atoms with Crippen molar-refractivity contribution in [1.29, 1.82) is 0 Å². The zero-order chi connectivity index (χ0) is 14.3. The van der Waals surface area contributed by atoms with Crippen molar-refractivity contribution in [3.63, 3.8) is 0 Å². The number of aliphatic hydroxyl groups is 1. The molecule has 0 aliphatic rings. The van der Waals surface area contributed by atoms with E-state index in [1.165, 1.54) is 0 Å². The molecule has 1 rings (SSSR count). The van der Waals surface area contributed by atoms with Gasteiger partial charge in [-0.05, 0) is 12.0 Å². The third-order valence-electron chi connectivity index (χ3n) is 2.27. The van der Waals surface area contributed by atoms with Gasteiger partial charge in [0.15, 0.2) is 0 Å². The molecule has 19 heavy (non-hydrogen) atoms. The van der Waals surface area contributed by atoms with E-state index in [0.717, 1.165) is 12.7 Å². The SMILES string of the molecule is COC(=O)NS(=O)(=O)N[C@H](CO)Cc1ccccc1. The minimum Gasteiger partial charge on any atom is -0.452 e. The highest BCUT2D eigenvalue weighted by Gasteiger charge is 2.20. The van der Waals surface area contributed by atoms with Crippen LogP contribution in [0.15, 0.2) is 30.3 Å². The summed E-state index contributed by atoms with van der Waals surface area (Å²) in [5.41, 5.74) is 0.863. The summed E-state index contributed by atoms with van der Waals surface area (Å²) in [5, 5.41) is 9.17. The van der Waals surface area contributed by atoms with Crippen LogP contribution in [0, 0.1) is 0 Å². The van der Waals surface area contributed by atoms with Gasteiger partial charge < -0.3 is 9.84 Å². The maximum absolute atomic E-state index is 11.5. The third kappa shape index (κ3) is 5.69. The molecule has 7 nitrogen and oxygen atoms in total. The lowest BCUT2D eigenvalue weighted by Gasteiger charge is -2.16. The predicted octanol–water partition coefficient (Wildman–Crippen LogP) is -0.220. The van der Waals surface area contributed by atoms with Gasteiger partial charge in [0.05, 0.1) is 19.8 Å². The molecule has 0 spiro atoms. The van der Waals surface area contributed by atoms with Crippen LogP contribution >= 0.6 is 0 Å². The van der Waals surface area contributed by atoms with Crippen molar-refractivity contribution < 1.29 is 23.1 Å². The maximum atomic E-state index is 11.5. The summed E-state index contributed by atoms with van der Waals surface area (Å²) < 4.78 is 31.1. The molecular weight excluding hydrogens is 272 g/mol. The highest BCUT2D eigenvalue weighted by molar-refractivity contribution is 7.88. The number of carbonyl (C=O) groups is 1. The molecule has 8 heteroatoms. The molecule has 106 valence electrons. The van der Waals surface area contributed by atoms with Crippen LogP contribution in [-0.2, 0) is 21.4 Å². The number of ether oxygens (including phenoxy) is 1. The Kier molecular flexibility index (Phi) is 5.74. The molecule has 0 unspecified atom stereocenters. The van der Waals surface area contributed by atoms with Crippen molar-refractivity contribution >= 4 is 16.3 Å². The molecule has 0 saturated heterocycles. The Morgan fingerprint density at radius 2 is 2.00 bits per heavy atom. The standard InChI is InChI=1S/C11H16N2O5S/c1-18-11(15)13-19(16,17)12-10(8-14)7-9-5-3-2-4-6-9/h2-6,10,12,14H,7-8H2,1H3,(H,13,15)/t10-/m0/s1. The molecule has 0 bridgehead atoms. The number of carbonyl (C=O) groups excluding carboxylic acids is 1. The van der Waals surface area contributed by atoms with Crippen molar-refractivity contribution in [2.24, 2.45) is 0 Å². The highest BCUT2D eigenvalue weighted by Crippen LogP contribution is 2.03. The molecule has 0 aliphatic heterocycles. The first-order chi connectivity index (χ1) is 8.96. The first-order valence-corrected chi connectivity index (χ1v) is 6.98. The van der Waals surface area contributed by atoms with Gasteiger partial charge in [-0.2, -0.15) is 13.1 Å². The van der Waals surface area contributed by atoms with Crippen LogP contribution in [0.4, 0.5) is 4.79 Å². The molecular formula is C11H16N2O5S. The van der Waals surface area contributed by atoms with E-state index >= 15 is 0 Å². The van der Waals surface area contributed by atoms with Crippen LogP contribution in [0.25, 0.3) is 0 Å². The van der Waals surface area contributed by atoms with Crippen LogP contribution in [0.5, 0.6) is 0 Å². The lowest BCUT2D eigenvalue weighted by molar-refractivity contribution is 0.177. The van der Waals surface area contributed by atoms with Crippen LogP contribution in [0.2, 0.25) is 0 Å². The average molecular weight is 288 g/mol. The van der Waals surface area contributed by atoms with Gasteiger partial charge in [0.2, 0.25) is 0 Å². The van der Waals surface area contributed by atoms with Gasteiger partial charge >= 0.3 is 16.3 Å². The summed E-state index contributed by atoms with van der Waals surface area (Å²) in [7, 11) is -3.00. The van der Waals surface area contributed by atoms with Crippen molar-refractivity contribution in [3.05, 3.63) is 35.9 Å². The summed E-state index contributed by atoms with van der Waals surface area (Å²) in [4.78, 5) is 10.8. The number of hydrogen-bond acceptors (Lipinski definition) is 5. The largest absolute Gasteiger partial charge is 0.452 e. The monoisotopic (exact) mass is 288 g/mol. The molecule has 1 amide bonds. The number of rotatable bonds is 6. The first kappa shape index (κ1) is 15.4. The lowest BCUT2D eigenvalue weighted by atomic mass is 10.1. The number of nitrogens with one attached hydrogen (secondary N) is 2. The van der Waals surface area contributed by atoms with Gasteiger partial charge in [-0.1, -0.05) is 30.3 Å². The zero-order valence-corrected chi connectivity index (χ0v) is 11.2. The minimum absolute atomic E-state index is 0.305. The second-order valence-corrected chi connectivity index (χ2v) is 5.23. The van der Waals surface area contributed by atoms with E-state index in [9.17, 15) is 18.3 Å². The fourth-order valence-corrected chi connectivity index (χ4v) is 2.40. The number of aliphatic hydroxyl groups excluding tert-OH is 1. The second-order valence-electron chi connectivity index (χ2n) is 3.78. The Bertz CT molecular complexity index is 503. The molecule has 0 aromatic heterocycles. The van der Waals surface area contributed by atoms with Gasteiger partial charge in [0.25, 0.3) is 0 Å². The molecule has 0 fully saturated rings. The van der Waals surface area contributed by atoms with Gasteiger partial charge in [0.1, 0.15) is 0 Å². The molecule has 3 N–H and O–H groups in total. The normalized spacial score (nSPS) is 12.7. The Morgan fingerprint density at radius 1 is 1.37 bits per heavy atom. The van der Waals surface area contributed by atoms with Crippen LogP contribution < -0.4 is 9.44 Å². The van der Waals surface area contributed by atoms with Crippen molar-refractivity contribution in [3.8, 4) is 0 Å². The van der Waals surface area contributed by atoms with Gasteiger partial charge in [-0.3, -0.25) is 0 Å². The maximum Gasteiger partial charge on any atom is 0.421 e. The fourth-order valence-electron chi connectivity index (χ4n) is 1.44. The number of methoxy groups -OCH3 is 1. The lowest BCUT2D eigenvalue weighted by Crippen LogP contribution is -2.47. The summed E-state index contributed by atoms with van der Waals surface area (Å²) in [6, 6.07) is 8.34. The van der Waals surface area contributed by atoms with Crippen molar-refractivity contribution in [2.75, 3.05) is 13.7 Å². The Labute approximate surface area is 111 Å². The van der Waals surface area contributed by atoms with Crippen LogP contribution in [0.1, 0.15) is 5.56 Å².